The number of piperazine rings is 1. The van der Waals surface area contributed by atoms with Crippen LogP contribution in [0.2, 0.25) is 0 Å². The van der Waals surface area contributed by atoms with Crippen LogP contribution in [0.4, 0.5) is 0 Å². The van der Waals surface area contributed by atoms with Gasteiger partial charge in [-0.15, -0.1) is 0 Å². The Kier molecular flexibility index (Phi) is 5.89. The molecule has 0 unspecified atom stereocenters. The standard InChI is InChI=1S/C14H29N3O/c1-14(2)13-17-7-5-15(6-8-17)3-4-16-9-11-18-12-10-16/h14H,3-13H2,1-2H3. The van der Waals surface area contributed by atoms with Crippen molar-refractivity contribution in [1.82, 2.24) is 14.7 Å². The summed E-state index contributed by atoms with van der Waals surface area (Å²) in [6.45, 7) is 17.4. The van der Waals surface area contributed by atoms with Gasteiger partial charge in [0.25, 0.3) is 0 Å². The predicted octanol–water partition coefficient (Wildman–Crippen LogP) is 0.592. The lowest BCUT2D eigenvalue weighted by molar-refractivity contribution is 0.0296. The summed E-state index contributed by atoms with van der Waals surface area (Å²) in [4.78, 5) is 7.76. The van der Waals surface area contributed by atoms with Crippen molar-refractivity contribution >= 4 is 0 Å². The average molecular weight is 255 g/mol. The molecule has 0 N–H and O–H groups in total. The van der Waals surface area contributed by atoms with E-state index in [4.69, 9.17) is 4.74 Å². The minimum atomic E-state index is 0.796. The fourth-order valence-electron chi connectivity index (χ4n) is 2.82. The summed E-state index contributed by atoms with van der Waals surface area (Å²) >= 11 is 0. The smallest absolute Gasteiger partial charge is 0.0594 e. The molecular formula is C14H29N3O. The molecule has 0 saturated carbocycles. The van der Waals surface area contributed by atoms with Crippen molar-refractivity contribution in [3.05, 3.63) is 0 Å². The highest BCUT2D eigenvalue weighted by Crippen LogP contribution is 2.05. The molecule has 0 spiro atoms. The lowest BCUT2D eigenvalue weighted by atomic mass is 10.2. The second kappa shape index (κ2) is 7.43. The first-order chi connectivity index (χ1) is 8.74. The molecular weight excluding hydrogens is 226 g/mol. The molecule has 106 valence electrons. The van der Waals surface area contributed by atoms with Gasteiger partial charge in [0.2, 0.25) is 0 Å². The van der Waals surface area contributed by atoms with Gasteiger partial charge >= 0.3 is 0 Å². The molecule has 4 heteroatoms. The van der Waals surface area contributed by atoms with Crippen LogP contribution in [0.3, 0.4) is 0 Å². The molecule has 0 aromatic heterocycles. The number of hydrogen-bond acceptors (Lipinski definition) is 4. The summed E-state index contributed by atoms with van der Waals surface area (Å²) < 4.78 is 5.38. The lowest BCUT2D eigenvalue weighted by Gasteiger charge is -2.37. The molecule has 2 rings (SSSR count). The SMILES string of the molecule is CC(C)CN1CCN(CCN2CCOCC2)CC1. The molecule has 0 aromatic rings. The maximum Gasteiger partial charge on any atom is 0.0594 e. The zero-order chi connectivity index (χ0) is 12.8. The molecule has 18 heavy (non-hydrogen) atoms. The van der Waals surface area contributed by atoms with E-state index in [-0.39, 0.29) is 0 Å². The number of hydrogen-bond donors (Lipinski definition) is 0. The molecule has 2 saturated heterocycles. The molecule has 0 aliphatic carbocycles. The van der Waals surface area contributed by atoms with Crippen LogP contribution in [0, 0.1) is 5.92 Å². The van der Waals surface area contributed by atoms with Crippen LogP contribution in [0.1, 0.15) is 13.8 Å². The first-order valence-corrected chi connectivity index (χ1v) is 7.49. The van der Waals surface area contributed by atoms with Gasteiger partial charge in [-0.05, 0) is 5.92 Å². The van der Waals surface area contributed by atoms with Crippen molar-refractivity contribution in [2.75, 3.05) is 72.1 Å². The fraction of sp³-hybridized carbons (Fsp3) is 1.00. The van der Waals surface area contributed by atoms with Crippen LogP contribution >= 0.6 is 0 Å². The number of ether oxygens (including phenoxy) is 1. The van der Waals surface area contributed by atoms with Crippen molar-refractivity contribution in [2.24, 2.45) is 5.92 Å². The Bertz CT molecular complexity index is 221. The Labute approximate surface area is 112 Å². The van der Waals surface area contributed by atoms with Crippen molar-refractivity contribution < 1.29 is 4.74 Å². The minimum absolute atomic E-state index is 0.796. The van der Waals surface area contributed by atoms with Crippen LogP contribution in [0.25, 0.3) is 0 Å². The molecule has 2 aliphatic rings. The van der Waals surface area contributed by atoms with Crippen LogP contribution in [0.5, 0.6) is 0 Å². The third-order valence-electron chi connectivity index (χ3n) is 3.92. The van der Waals surface area contributed by atoms with Crippen molar-refractivity contribution in [1.29, 1.82) is 0 Å². The zero-order valence-electron chi connectivity index (χ0n) is 12.1. The minimum Gasteiger partial charge on any atom is -0.379 e. The van der Waals surface area contributed by atoms with Crippen LogP contribution in [-0.2, 0) is 4.74 Å². The van der Waals surface area contributed by atoms with Crippen LogP contribution in [0.15, 0.2) is 0 Å². The summed E-state index contributed by atoms with van der Waals surface area (Å²) in [5.74, 6) is 0.796. The molecule has 0 aromatic carbocycles. The molecule has 2 heterocycles. The van der Waals surface area contributed by atoms with E-state index in [1.165, 1.54) is 45.8 Å². The van der Waals surface area contributed by atoms with Gasteiger partial charge < -0.3 is 9.64 Å². The van der Waals surface area contributed by atoms with Crippen LogP contribution in [-0.4, -0.2) is 86.8 Å². The Morgan fingerprint density at radius 1 is 0.778 bits per heavy atom. The first-order valence-electron chi connectivity index (χ1n) is 7.49. The van der Waals surface area contributed by atoms with E-state index in [2.05, 4.69) is 28.5 Å². The summed E-state index contributed by atoms with van der Waals surface area (Å²) in [7, 11) is 0. The average Bonchev–Trinajstić information content (AvgIpc) is 2.38. The topological polar surface area (TPSA) is 19.0 Å². The monoisotopic (exact) mass is 255 g/mol. The van der Waals surface area contributed by atoms with Gasteiger partial charge in [0.15, 0.2) is 0 Å². The van der Waals surface area contributed by atoms with E-state index < -0.39 is 0 Å². The largest absolute Gasteiger partial charge is 0.379 e. The summed E-state index contributed by atoms with van der Waals surface area (Å²) in [6, 6.07) is 0. The maximum absolute atomic E-state index is 5.38. The van der Waals surface area contributed by atoms with Gasteiger partial charge in [-0.2, -0.15) is 0 Å². The van der Waals surface area contributed by atoms with Gasteiger partial charge in [-0.1, -0.05) is 13.8 Å². The van der Waals surface area contributed by atoms with Crippen molar-refractivity contribution in [3.8, 4) is 0 Å². The predicted molar refractivity (Wildman–Crippen MR) is 75.0 cm³/mol. The number of nitrogens with zero attached hydrogens (tertiary/aromatic N) is 3. The molecule has 4 nitrogen and oxygen atoms in total. The van der Waals surface area contributed by atoms with Gasteiger partial charge in [0, 0.05) is 58.9 Å². The van der Waals surface area contributed by atoms with E-state index in [0.717, 1.165) is 32.2 Å². The molecule has 2 aliphatic heterocycles. The Hall–Kier alpha value is -0.160. The molecule has 0 atom stereocenters. The third-order valence-corrected chi connectivity index (χ3v) is 3.92. The lowest BCUT2D eigenvalue weighted by Crippen LogP contribution is -2.50. The van der Waals surface area contributed by atoms with Gasteiger partial charge in [0.05, 0.1) is 13.2 Å². The van der Waals surface area contributed by atoms with E-state index in [9.17, 15) is 0 Å². The fourth-order valence-corrected chi connectivity index (χ4v) is 2.82. The molecule has 0 amide bonds. The third kappa shape index (κ3) is 4.84. The highest BCUT2D eigenvalue weighted by atomic mass is 16.5. The van der Waals surface area contributed by atoms with Gasteiger partial charge in [-0.3, -0.25) is 9.80 Å². The highest BCUT2D eigenvalue weighted by Gasteiger charge is 2.18. The quantitative estimate of drug-likeness (QED) is 0.716. The maximum atomic E-state index is 5.38. The summed E-state index contributed by atoms with van der Waals surface area (Å²) in [6.07, 6.45) is 0. The van der Waals surface area contributed by atoms with E-state index in [0.29, 0.717) is 0 Å². The molecule has 2 fully saturated rings. The van der Waals surface area contributed by atoms with Gasteiger partial charge in [-0.25, -0.2) is 0 Å². The summed E-state index contributed by atoms with van der Waals surface area (Å²) in [5, 5.41) is 0. The second-order valence-corrected chi connectivity index (χ2v) is 5.99. The van der Waals surface area contributed by atoms with Crippen LogP contribution < -0.4 is 0 Å². The molecule has 0 radical (unpaired) electrons. The Morgan fingerprint density at radius 3 is 1.83 bits per heavy atom. The Morgan fingerprint density at radius 2 is 1.28 bits per heavy atom. The van der Waals surface area contributed by atoms with Gasteiger partial charge in [0.1, 0.15) is 0 Å². The zero-order valence-corrected chi connectivity index (χ0v) is 12.1. The molecule has 0 bridgehead atoms. The second-order valence-electron chi connectivity index (χ2n) is 5.99. The number of rotatable bonds is 5. The van der Waals surface area contributed by atoms with Crippen molar-refractivity contribution in [3.63, 3.8) is 0 Å². The normalized spacial score (nSPS) is 24.8. The Balaban J connectivity index is 1.58. The number of morpholine rings is 1. The summed E-state index contributed by atoms with van der Waals surface area (Å²) in [5.41, 5.74) is 0. The van der Waals surface area contributed by atoms with E-state index in [1.54, 1.807) is 0 Å². The van der Waals surface area contributed by atoms with Crippen molar-refractivity contribution in [2.45, 2.75) is 13.8 Å². The highest BCUT2D eigenvalue weighted by molar-refractivity contribution is 4.74. The first kappa shape index (κ1) is 14.3. The van der Waals surface area contributed by atoms with E-state index >= 15 is 0 Å². The van der Waals surface area contributed by atoms with E-state index in [1.807, 2.05) is 0 Å².